The highest BCUT2D eigenvalue weighted by Gasteiger charge is 2.03. The van der Waals surface area contributed by atoms with Gasteiger partial charge in [-0.1, -0.05) is 15.9 Å². The van der Waals surface area contributed by atoms with E-state index in [4.69, 9.17) is 9.47 Å². The Balaban J connectivity index is 1.90. The zero-order chi connectivity index (χ0) is 15.1. The first kappa shape index (κ1) is 15.7. The van der Waals surface area contributed by atoms with Crippen LogP contribution in [-0.2, 0) is 11.3 Å². The Morgan fingerprint density at radius 1 is 1.24 bits per heavy atom. The maximum atomic E-state index is 13.6. The summed E-state index contributed by atoms with van der Waals surface area (Å²) in [5.74, 6) is 0.296. The zero-order valence-corrected chi connectivity index (χ0v) is 13.2. The van der Waals surface area contributed by atoms with Crippen molar-refractivity contribution in [3.63, 3.8) is 0 Å². The monoisotopic (exact) mass is 354 g/mol. The molecule has 0 unspecified atom stereocenters. The van der Waals surface area contributed by atoms with Gasteiger partial charge in [0.1, 0.15) is 12.4 Å². The number of hydrogen-bond acceptors (Lipinski definition) is 4. The van der Waals surface area contributed by atoms with Crippen LogP contribution in [-0.4, -0.2) is 25.3 Å². The van der Waals surface area contributed by atoms with Crippen LogP contribution in [0.5, 0.6) is 5.88 Å². The predicted molar refractivity (Wildman–Crippen MR) is 83.0 cm³/mol. The molecule has 6 heteroatoms. The molecule has 0 saturated heterocycles. The number of nitrogens with one attached hydrogen (secondary N) is 1. The van der Waals surface area contributed by atoms with Gasteiger partial charge in [-0.05, 0) is 24.3 Å². The predicted octanol–water partition coefficient (Wildman–Crippen LogP) is 3.62. The van der Waals surface area contributed by atoms with Crippen LogP contribution in [0.3, 0.4) is 0 Å². The number of ether oxygens (including phenoxy) is 2. The molecule has 0 aliphatic heterocycles. The van der Waals surface area contributed by atoms with Gasteiger partial charge < -0.3 is 14.8 Å². The smallest absolute Gasteiger partial charge is 0.213 e. The van der Waals surface area contributed by atoms with Crippen molar-refractivity contribution in [3.8, 4) is 5.88 Å². The molecule has 0 fully saturated rings. The topological polar surface area (TPSA) is 43.4 Å². The maximum Gasteiger partial charge on any atom is 0.213 e. The van der Waals surface area contributed by atoms with Gasteiger partial charge in [0.2, 0.25) is 5.88 Å². The average molecular weight is 355 g/mol. The minimum Gasteiger partial charge on any atom is -0.475 e. The quantitative estimate of drug-likeness (QED) is 0.771. The average Bonchev–Trinajstić information content (AvgIpc) is 2.50. The summed E-state index contributed by atoms with van der Waals surface area (Å²) in [4.78, 5) is 4.16. The summed E-state index contributed by atoms with van der Waals surface area (Å²) in [5.41, 5.74) is 1.39. The molecule has 0 amide bonds. The Hall–Kier alpha value is -1.66. The molecule has 21 heavy (non-hydrogen) atoms. The highest BCUT2D eigenvalue weighted by molar-refractivity contribution is 9.10. The van der Waals surface area contributed by atoms with E-state index in [1.165, 1.54) is 6.07 Å². The second kappa shape index (κ2) is 7.95. The van der Waals surface area contributed by atoms with Crippen LogP contribution in [0.25, 0.3) is 0 Å². The largest absolute Gasteiger partial charge is 0.475 e. The number of aromatic nitrogens is 1. The van der Waals surface area contributed by atoms with Crippen molar-refractivity contribution in [2.45, 2.75) is 6.54 Å². The zero-order valence-electron chi connectivity index (χ0n) is 11.6. The van der Waals surface area contributed by atoms with Crippen LogP contribution < -0.4 is 10.1 Å². The third-order valence-corrected chi connectivity index (χ3v) is 3.26. The van der Waals surface area contributed by atoms with E-state index in [9.17, 15) is 4.39 Å². The molecule has 112 valence electrons. The maximum absolute atomic E-state index is 13.6. The molecule has 0 radical (unpaired) electrons. The van der Waals surface area contributed by atoms with E-state index in [1.54, 1.807) is 31.5 Å². The van der Waals surface area contributed by atoms with Gasteiger partial charge in [-0.15, -0.1) is 0 Å². The van der Waals surface area contributed by atoms with Crippen molar-refractivity contribution in [1.82, 2.24) is 4.98 Å². The molecule has 0 bridgehead atoms. The molecule has 0 aliphatic carbocycles. The van der Waals surface area contributed by atoms with Crippen molar-refractivity contribution in [3.05, 3.63) is 52.4 Å². The summed E-state index contributed by atoms with van der Waals surface area (Å²) in [7, 11) is 1.62. The molecule has 0 aliphatic rings. The number of benzene rings is 1. The molecule has 1 aromatic carbocycles. The minimum absolute atomic E-state index is 0.238. The molecule has 1 N–H and O–H groups in total. The molecular weight excluding hydrogens is 339 g/mol. The molecule has 0 atom stereocenters. The van der Waals surface area contributed by atoms with E-state index in [2.05, 4.69) is 26.2 Å². The molecule has 1 heterocycles. The number of methoxy groups -OCH3 is 1. The summed E-state index contributed by atoms with van der Waals surface area (Å²) in [6, 6.07) is 8.46. The first-order valence-corrected chi connectivity index (χ1v) is 7.24. The summed E-state index contributed by atoms with van der Waals surface area (Å²) in [6.07, 6.45) is 1.65. The van der Waals surface area contributed by atoms with Gasteiger partial charge in [-0.3, -0.25) is 0 Å². The Bertz CT molecular complexity index is 578. The lowest BCUT2D eigenvalue weighted by molar-refractivity contribution is 0.144. The fourth-order valence-electron chi connectivity index (χ4n) is 1.68. The van der Waals surface area contributed by atoms with Crippen molar-refractivity contribution in [2.75, 3.05) is 25.6 Å². The number of anilines is 1. The fourth-order valence-corrected chi connectivity index (χ4v) is 2.08. The Labute approximate surface area is 131 Å². The Morgan fingerprint density at radius 2 is 2.10 bits per heavy atom. The normalized spacial score (nSPS) is 10.4. The number of halogens is 2. The molecule has 0 saturated carbocycles. The van der Waals surface area contributed by atoms with Gasteiger partial charge in [0.25, 0.3) is 0 Å². The van der Waals surface area contributed by atoms with Gasteiger partial charge in [0, 0.05) is 29.8 Å². The highest BCUT2D eigenvalue weighted by atomic mass is 79.9. The lowest BCUT2D eigenvalue weighted by Gasteiger charge is -2.09. The van der Waals surface area contributed by atoms with Crippen molar-refractivity contribution in [1.29, 1.82) is 0 Å². The third kappa shape index (κ3) is 4.99. The fraction of sp³-hybridized carbons (Fsp3) is 0.267. The molecule has 2 rings (SSSR count). The molecule has 0 spiro atoms. The van der Waals surface area contributed by atoms with Gasteiger partial charge in [0.15, 0.2) is 0 Å². The summed E-state index contributed by atoms with van der Waals surface area (Å²) >= 11 is 3.33. The van der Waals surface area contributed by atoms with E-state index < -0.39 is 0 Å². The van der Waals surface area contributed by atoms with Crippen molar-refractivity contribution >= 4 is 21.6 Å². The second-order valence-corrected chi connectivity index (χ2v) is 5.23. The third-order valence-electron chi connectivity index (χ3n) is 2.76. The van der Waals surface area contributed by atoms with E-state index in [1.807, 2.05) is 6.07 Å². The van der Waals surface area contributed by atoms with E-state index in [-0.39, 0.29) is 5.82 Å². The van der Waals surface area contributed by atoms with Gasteiger partial charge in [0.05, 0.1) is 18.5 Å². The lowest BCUT2D eigenvalue weighted by Crippen LogP contribution is -2.06. The number of pyridine rings is 1. The lowest BCUT2D eigenvalue weighted by atomic mass is 10.2. The van der Waals surface area contributed by atoms with Crippen LogP contribution in [0.2, 0.25) is 0 Å². The van der Waals surface area contributed by atoms with Crippen LogP contribution in [0, 0.1) is 5.82 Å². The Morgan fingerprint density at radius 3 is 2.81 bits per heavy atom. The SMILES string of the molecule is COCCOc1ccc(NCc2cc(Br)ccc2F)cn1. The number of hydrogen-bond donors (Lipinski definition) is 1. The standard InChI is InChI=1S/C15H16BrFN2O2/c1-20-6-7-21-15-5-3-13(10-19-15)18-9-11-8-12(16)2-4-14(11)17/h2-5,8,10,18H,6-7,9H2,1H3. The van der Waals surface area contributed by atoms with Crippen LogP contribution in [0.1, 0.15) is 5.56 Å². The molecular formula is C15H16BrFN2O2. The van der Waals surface area contributed by atoms with Crippen LogP contribution >= 0.6 is 15.9 Å². The summed E-state index contributed by atoms with van der Waals surface area (Å²) in [6.45, 7) is 1.36. The first-order chi connectivity index (χ1) is 10.2. The molecule has 4 nitrogen and oxygen atoms in total. The van der Waals surface area contributed by atoms with Crippen LogP contribution in [0.15, 0.2) is 41.0 Å². The van der Waals surface area contributed by atoms with E-state index in [0.29, 0.717) is 31.2 Å². The second-order valence-electron chi connectivity index (χ2n) is 4.32. The first-order valence-electron chi connectivity index (χ1n) is 6.44. The highest BCUT2D eigenvalue weighted by Crippen LogP contribution is 2.18. The van der Waals surface area contributed by atoms with E-state index >= 15 is 0 Å². The Kier molecular flexibility index (Phi) is 5.95. The van der Waals surface area contributed by atoms with Gasteiger partial charge in [-0.25, -0.2) is 9.37 Å². The van der Waals surface area contributed by atoms with Crippen molar-refractivity contribution in [2.24, 2.45) is 0 Å². The molecule has 2 aromatic rings. The van der Waals surface area contributed by atoms with Crippen molar-refractivity contribution < 1.29 is 13.9 Å². The summed E-state index contributed by atoms with van der Waals surface area (Å²) in [5, 5.41) is 3.12. The van der Waals surface area contributed by atoms with Gasteiger partial charge >= 0.3 is 0 Å². The molecule has 1 aromatic heterocycles. The minimum atomic E-state index is -0.238. The number of nitrogens with zero attached hydrogens (tertiary/aromatic N) is 1. The van der Waals surface area contributed by atoms with Crippen LogP contribution in [0.4, 0.5) is 10.1 Å². The summed E-state index contributed by atoms with van der Waals surface area (Å²) < 4.78 is 24.7. The number of rotatable bonds is 7. The van der Waals surface area contributed by atoms with Gasteiger partial charge in [-0.2, -0.15) is 0 Å². The van der Waals surface area contributed by atoms with E-state index in [0.717, 1.165) is 10.2 Å².